The summed E-state index contributed by atoms with van der Waals surface area (Å²) in [7, 11) is 0. The van der Waals surface area contributed by atoms with Crippen molar-refractivity contribution in [2.75, 3.05) is 45.9 Å². The van der Waals surface area contributed by atoms with Crippen LogP contribution < -0.4 is 4.74 Å². The average Bonchev–Trinajstić information content (AvgIpc) is 2.85. The lowest BCUT2D eigenvalue weighted by Crippen LogP contribution is -2.41. The van der Waals surface area contributed by atoms with Crippen molar-refractivity contribution >= 4 is 5.91 Å². The van der Waals surface area contributed by atoms with Crippen molar-refractivity contribution in [1.29, 1.82) is 0 Å². The molecule has 0 radical (unpaired) electrons. The minimum Gasteiger partial charge on any atom is -0.493 e. The van der Waals surface area contributed by atoms with E-state index in [0.717, 1.165) is 55.6 Å². The number of hydrogen-bond acceptors (Lipinski definition) is 4. The van der Waals surface area contributed by atoms with E-state index in [4.69, 9.17) is 4.74 Å². The number of ether oxygens (including phenoxy) is 1. The molecule has 1 heterocycles. The molecular weight excluding hydrogens is 443 g/mol. The molecule has 0 bridgehead atoms. The molecule has 0 unspecified atom stereocenters. The van der Waals surface area contributed by atoms with Crippen molar-refractivity contribution in [3.8, 4) is 16.9 Å². The molecule has 1 aliphatic rings. The maximum absolute atomic E-state index is 13.9. The number of piperidine rings is 1. The van der Waals surface area contributed by atoms with Crippen LogP contribution in [-0.4, -0.2) is 72.4 Å². The first-order valence-corrected chi connectivity index (χ1v) is 12.9. The number of carbonyl (C=O) groups is 1. The fraction of sp³-hybridized carbons (Fsp3) is 0.552. The fourth-order valence-electron chi connectivity index (χ4n) is 4.57. The Kier molecular flexibility index (Phi) is 10.1. The SMILES string of the molecule is CCCCN(CCO)C(=O)c1ccc(-c2ccc(OCC3CCN(CC(C)(C)F)CC3)cc2)cc1. The topological polar surface area (TPSA) is 53.0 Å². The van der Waals surface area contributed by atoms with Crippen molar-refractivity contribution < 1.29 is 19.0 Å². The number of benzene rings is 2. The van der Waals surface area contributed by atoms with Gasteiger partial charge in [0.15, 0.2) is 0 Å². The van der Waals surface area contributed by atoms with Crippen LogP contribution in [0.3, 0.4) is 0 Å². The van der Waals surface area contributed by atoms with Crippen LogP contribution in [0.15, 0.2) is 48.5 Å². The van der Waals surface area contributed by atoms with E-state index in [1.54, 1.807) is 18.7 Å². The van der Waals surface area contributed by atoms with E-state index in [0.29, 0.717) is 37.7 Å². The molecule has 0 saturated carbocycles. The van der Waals surface area contributed by atoms with Crippen molar-refractivity contribution in [3.05, 3.63) is 54.1 Å². The first-order valence-electron chi connectivity index (χ1n) is 12.9. The zero-order valence-corrected chi connectivity index (χ0v) is 21.5. The van der Waals surface area contributed by atoms with Gasteiger partial charge in [0.2, 0.25) is 0 Å². The lowest BCUT2D eigenvalue weighted by atomic mass is 9.97. The quantitative estimate of drug-likeness (QED) is 0.437. The number of likely N-dealkylation sites (tertiary alicyclic amines) is 1. The molecule has 0 aromatic heterocycles. The molecule has 5 nitrogen and oxygen atoms in total. The number of unbranched alkanes of at least 4 members (excludes halogenated alkanes) is 1. The Morgan fingerprint density at radius 3 is 2.20 bits per heavy atom. The average molecular weight is 485 g/mol. The highest BCUT2D eigenvalue weighted by Crippen LogP contribution is 2.25. The number of nitrogens with zero attached hydrogens (tertiary/aromatic N) is 2. The Hall–Kier alpha value is -2.44. The van der Waals surface area contributed by atoms with E-state index < -0.39 is 5.67 Å². The molecule has 2 aromatic rings. The summed E-state index contributed by atoms with van der Waals surface area (Å²) in [4.78, 5) is 16.7. The van der Waals surface area contributed by atoms with Crippen molar-refractivity contribution in [3.63, 3.8) is 0 Å². The summed E-state index contributed by atoms with van der Waals surface area (Å²) in [5.41, 5.74) is 1.60. The highest BCUT2D eigenvalue weighted by molar-refractivity contribution is 5.94. The first-order chi connectivity index (χ1) is 16.8. The number of aliphatic hydroxyl groups excluding tert-OH is 1. The van der Waals surface area contributed by atoms with Crippen LogP contribution in [0.2, 0.25) is 0 Å². The van der Waals surface area contributed by atoms with Gasteiger partial charge in [0.1, 0.15) is 11.4 Å². The minimum atomic E-state index is -1.14. The summed E-state index contributed by atoms with van der Waals surface area (Å²) in [6, 6.07) is 15.7. The van der Waals surface area contributed by atoms with Gasteiger partial charge >= 0.3 is 0 Å². The third kappa shape index (κ3) is 8.62. The number of rotatable bonds is 12. The van der Waals surface area contributed by atoms with Crippen molar-refractivity contribution in [2.45, 2.75) is 52.1 Å². The molecule has 35 heavy (non-hydrogen) atoms. The normalized spacial score (nSPS) is 15.2. The highest BCUT2D eigenvalue weighted by Gasteiger charge is 2.25. The van der Waals surface area contributed by atoms with Crippen LogP contribution in [0.1, 0.15) is 56.8 Å². The molecule has 1 aliphatic heterocycles. The first kappa shape index (κ1) is 27.2. The second kappa shape index (κ2) is 13.0. The monoisotopic (exact) mass is 484 g/mol. The van der Waals surface area contributed by atoms with Crippen LogP contribution in [0.4, 0.5) is 4.39 Å². The van der Waals surface area contributed by atoms with E-state index in [1.165, 1.54) is 0 Å². The zero-order valence-electron chi connectivity index (χ0n) is 21.5. The summed E-state index contributed by atoms with van der Waals surface area (Å²) in [5.74, 6) is 1.31. The number of alkyl halides is 1. The summed E-state index contributed by atoms with van der Waals surface area (Å²) in [5, 5.41) is 9.29. The van der Waals surface area contributed by atoms with Crippen molar-refractivity contribution in [2.24, 2.45) is 5.92 Å². The van der Waals surface area contributed by atoms with Crippen LogP contribution >= 0.6 is 0 Å². The predicted octanol–water partition coefficient (Wildman–Crippen LogP) is 5.43. The van der Waals surface area contributed by atoms with Gasteiger partial charge in [0.25, 0.3) is 5.91 Å². The van der Waals surface area contributed by atoms with Gasteiger partial charge in [-0.1, -0.05) is 37.6 Å². The molecule has 6 heteroatoms. The van der Waals surface area contributed by atoms with Gasteiger partial charge in [0.05, 0.1) is 13.2 Å². The van der Waals surface area contributed by atoms with E-state index in [9.17, 15) is 14.3 Å². The summed E-state index contributed by atoms with van der Waals surface area (Å²) >= 11 is 0. The third-order valence-electron chi connectivity index (χ3n) is 6.55. The van der Waals surface area contributed by atoms with Gasteiger partial charge < -0.3 is 19.6 Å². The largest absolute Gasteiger partial charge is 0.493 e. The Balaban J connectivity index is 1.50. The maximum atomic E-state index is 13.9. The highest BCUT2D eigenvalue weighted by atomic mass is 19.1. The molecule has 1 fully saturated rings. The summed E-state index contributed by atoms with van der Waals surface area (Å²) < 4.78 is 19.9. The Morgan fingerprint density at radius 1 is 1.06 bits per heavy atom. The van der Waals surface area contributed by atoms with E-state index in [1.807, 2.05) is 48.5 Å². The number of amides is 1. The molecule has 1 amide bonds. The van der Waals surface area contributed by atoms with E-state index >= 15 is 0 Å². The van der Waals surface area contributed by atoms with Gasteiger partial charge in [-0.3, -0.25) is 4.79 Å². The minimum absolute atomic E-state index is 0.0291. The van der Waals surface area contributed by atoms with Crippen molar-refractivity contribution in [1.82, 2.24) is 9.80 Å². The molecule has 192 valence electrons. The van der Waals surface area contributed by atoms with Crippen LogP contribution in [0.25, 0.3) is 11.1 Å². The molecule has 0 atom stereocenters. The number of aliphatic hydroxyl groups is 1. The van der Waals surface area contributed by atoms with Crippen LogP contribution in [0.5, 0.6) is 5.75 Å². The smallest absolute Gasteiger partial charge is 0.253 e. The predicted molar refractivity (Wildman–Crippen MR) is 140 cm³/mol. The zero-order chi connectivity index (χ0) is 25.3. The van der Waals surface area contributed by atoms with Gasteiger partial charge in [-0.2, -0.15) is 0 Å². The standard InChI is InChI=1S/C29H41FN2O3/c1-4-5-16-32(19-20-33)28(34)26-8-6-24(7-9-26)25-10-12-27(13-11-25)35-21-23-14-17-31(18-15-23)22-29(2,3)30/h6-13,23,33H,4-5,14-22H2,1-3H3. The summed E-state index contributed by atoms with van der Waals surface area (Å²) in [6.07, 6.45) is 4.00. The van der Waals surface area contributed by atoms with Gasteiger partial charge in [-0.15, -0.1) is 0 Å². The molecular formula is C29H41FN2O3. The Bertz CT molecular complexity index is 901. The summed E-state index contributed by atoms with van der Waals surface area (Å²) in [6.45, 7) is 9.39. The van der Waals surface area contributed by atoms with Gasteiger partial charge in [0, 0.05) is 25.2 Å². The van der Waals surface area contributed by atoms with E-state index in [-0.39, 0.29) is 12.5 Å². The molecule has 2 aromatic carbocycles. The van der Waals surface area contributed by atoms with Gasteiger partial charge in [-0.25, -0.2) is 4.39 Å². The lowest BCUT2D eigenvalue weighted by Gasteiger charge is -2.34. The number of carbonyl (C=O) groups excluding carboxylic acids is 1. The molecule has 1 saturated heterocycles. The fourth-order valence-corrected chi connectivity index (χ4v) is 4.57. The molecule has 3 rings (SSSR count). The molecule has 1 N–H and O–H groups in total. The Morgan fingerprint density at radius 2 is 1.66 bits per heavy atom. The molecule has 0 aliphatic carbocycles. The number of halogens is 1. The third-order valence-corrected chi connectivity index (χ3v) is 6.55. The Labute approximate surface area is 209 Å². The number of hydrogen-bond donors (Lipinski definition) is 1. The van der Waals surface area contributed by atoms with Gasteiger partial charge in [-0.05, 0) is 87.5 Å². The second-order valence-electron chi connectivity index (χ2n) is 10.2. The molecule has 0 spiro atoms. The lowest BCUT2D eigenvalue weighted by molar-refractivity contribution is 0.0719. The second-order valence-corrected chi connectivity index (χ2v) is 10.2. The van der Waals surface area contributed by atoms with E-state index in [2.05, 4.69) is 11.8 Å². The van der Waals surface area contributed by atoms with Crippen LogP contribution in [0, 0.1) is 5.92 Å². The maximum Gasteiger partial charge on any atom is 0.253 e. The van der Waals surface area contributed by atoms with Crippen LogP contribution in [-0.2, 0) is 0 Å².